The van der Waals surface area contributed by atoms with Gasteiger partial charge in [-0.1, -0.05) is 24.3 Å². The van der Waals surface area contributed by atoms with Gasteiger partial charge in [-0.2, -0.15) is 5.10 Å². The van der Waals surface area contributed by atoms with Crippen LogP contribution in [0.1, 0.15) is 63.6 Å². The molecule has 5 rings (SSSR count). The lowest BCUT2D eigenvalue weighted by molar-refractivity contribution is -0.122. The topological polar surface area (TPSA) is 67.2 Å². The molecule has 6 heteroatoms. The van der Waals surface area contributed by atoms with Gasteiger partial charge in [-0.05, 0) is 68.0 Å². The molecule has 1 aliphatic heterocycles. The van der Waals surface area contributed by atoms with Crippen molar-refractivity contribution in [3.05, 3.63) is 82.2 Å². The van der Waals surface area contributed by atoms with Crippen molar-refractivity contribution >= 4 is 11.8 Å². The first-order valence-electron chi connectivity index (χ1n) is 11.3. The second-order valence-electron chi connectivity index (χ2n) is 8.95. The summed E-state index contributed by atoms with van der Waals surface area (Å²) in [6.45, 7) is 5.21. The molecule has 164 valence electrons. The summed E-state index contributed by atoms with van der Waals surface area (Å²) >= 11 is 0. The van der Waals surface area contributed by atoms with Gasteiger partial charge in [0.2, 0.25) is 5.91 Å². The molecule has 1 N–H and O–H groups in total. The Labute approximate surface area is 188 Å². The number of carbonyl (C=O) groups excluding carboxylic acids is 2. The Kier molecular flexibility index (Phi) is 5.29. The summed E-state index contributed by atoms with van der Waals surface area (Å²) in [4.78, 5) is 27.0. The zero-order valence-electron chi connectivity index (χ0n) is 18.6. The largest absolute Gasteiger partial charge is 0.349 e. The first-order valence-corrected chi connectivity index (χ1v) is 11.3. The lowest BCUT2D eigenvalue weighted by Gasteiger charge is -2.25. The van der Waals surface area contributed by atoms with Gasteiger partial charge in [0.25, 0.3) is 5.91 Å². The fourth-order valence-corrected chi connectivity index (χ4v) is 5.00. The number of amides is 2. The molecule has 32 heavy (non-hydrogen) atoms. The Balaban J connectivity index is 1.25. The van der Waals surface area contributed by atoms with Gasteiger partial charge in [0.15, 0.2) is 0 Å². The van der Waals surface area contributed by atoms with Crippen LogP contribution in [0.25, 0.3) is 5.69 Å². The van der Waals surface area contributed by atoms with E-state index in [1.807, 2.05) is 35.1 Å². The second-order valence-corrected chi connectivity index (χ2v) is 8.95. The molecule has 0 saturated carbocycles. The van der Waals surface area contributed by atoms with Gasteiger partial charge in [-0.3, -0.25) is 9.59 Å². The highest BCUT2D eigenvalue weighted by Gasteiger charge is 2.29. The van der Waals surface area contributed by atoms with Crippen LogP contribution in [-0.2, 0) is 17.8 Å². The summed E-state index contributed by atoms with van der Waals surface area (Å²) < 4.78 is 2.02. The van der Waals surface area contributed by atoms with Gasteiger partial charge < -0.3 is 10.2 Å². The predicted molar refractivity (Wildman–Crippen MR) is 123 cm³/mol. The normalized spacial score (nSPS) is 17.2. The smallest absolute Gasteiger partial charge is 0.254 e. The van der Waals surface area contributed by atoms with E-state index in [1.54, 1.807) is 4.90 Å². The third-order valence-corrected chi connectivity index (χ3v) is 6.47. The Hall–Kier alpha value is -3.41. The van der Waals surface area contributed by atoms with Crippen LogP contribution in [0, 0.1) is 13.8 Å². The summed E-state index contributed by atoms with van der Waals surface area (Å²) in [7, 11) is 0. The Morgan fingerprint density at radius 1 is 1.16 bits per heavy atom. The summed E-state index contributed by atoms with van der Waals surface area (Å²) in [5, 5.41) is 7.85. The molecule has 0 unspecified atom stereocenters. The fraction of sp³-hybridized carbons (Fsp3) is 0.346. The third-order valence-electron chi connectivity index (χ3n) is 6.47. The molecular formula is C26H28N4O2. The van der Waals surface area contributed by atoms with E-state index < -0.39 is 0 Å². The monoisotopic (exact) mass is 428 g/mol. The lowest BCUT2D eigenvalue weighted by atomic mass is 9.92. The minimum atomic E-state index is -0.0302. The van der Waals surface area contributed by atoms with E-state index in [0.717, 1.165) is 41.6 Å². The van der Waals surface area contributed by atoms with Gasteiger partial charge >= 0.3 is 0 Å². The average Bonchev–Trinajstić information content (AvgIpc) is 3.34. The quantitative estimate of drug-likeness (QED) is 0.667. The summed E-state index contributed by atoms with van der Waals surface area (Å²) in [5.41, 5.74) is 7.57. The maximum Gasteiger partial charge on any atom is 0.254 e. The van der Waals surface area contributed by atoms with Crippen molar-refractivity contribution in [2.75, 3.05) is 6.54 Å². The van der Waals surface area contributed by atoms with Crippen molar-refractivity contribution in [1.29, 1.82) is 0 Å². The summed E-state index contributed by atoms with van der Waals surface area (Å²) in [5.74, 6) is -0.00571. The van der Waals surface area contributed by atoms with E-state index in [9.17, 15) is 9.59 Å². The second kappa shape index (κ2) is 8.26. The van der Waals surface area contributed by atoms with Crippen LogP contribution in [0.15, 0.2) is 48.7 Å². The van der Waals surface area contributed by atoms with Gasteiger partial charge in [0.05, 0.1) is 17.9 Å². The molecule has 1 aliphatic carbocycles. The number of hydrogen-bond acceptors (Lipinski definition) is 3. The van der Waals surface area contributed by atoms with Crippen molar-refractivity contribution < 1.29 is 9.59 Å². The molecule has 2 aliphatic rings. The maximum atomic E-state index is 12.7. The molecule has 6 nitrogen and oxygen atoms in total. The van der Waals surface area contributed by atoms with E-state index >= 15 is 0 Å². The predicted octanol–water partition coefficient (Wildman–Crippen LogP) is 4.03. The van der Waals surface area contributed by atoms with Gasteiger partial charge in [-0.15, -0.1) is 0 Å². The van der Waals surface area contributed by atoms with Crippen LogP contribution < -0.4 is 5.32 Å². The number of benzene rings is 2. The van der Waals surface area contributed by atoms with Crippen LogP contribution in [0.4, 0.5) is 0 Å². The van der Waals surface area contributed by atoms with Crippen molar-refractivity contribution in [1.82, 2.24) is 20.0 Å². The number of hydrogen-bond donors (Lipinski definition) is 1. The molecule has 2 amide bonds. The third kappa shape index (κ3) is 3.81. The molecule has 3 aromatic rings. The standard InChI is InChI=1S/C26H28N4O2/c1-17-12-18(2)14-20(13-17)30-24-9-5-8-23(22(24)15-27-30)28-25(31)10-11-29-16-19-6-3-4-7-21(19)26(29)32/h3-4,6-7,12-15,23H,5,8-11,16H2,1-2H3,(H,28,31)/t23-/m1/s1. The van der Waals surface area contributed by atoms with Crippen LogP contribution >= 0.6 is 0 Å². The molecule has 0 spiro atoms. The Morgan fingerprint density at radius 3 is 2.72 bits per heavy atom. The fourth-order valence-electron chi connectivity index (χ4n) is 5.00. The Morgan fingerprint density at radius 2 is 1.94 bits per heavy atom. The Bertz CT molecular complexity index is 1180. The van der Waals surface area contributed by atoms with E-state index in [2.05, 4.69) is 42.5 Å². The zero-order valence-corrected chi connectivity index (χ0v) is 18.6. The van der Waals surface area contributed by atoms with Crippen molar-refractivity contribution in [3.8, 4) is 5.69 Å². The maximum absolute atomic E-state index is 12.7. The first-order chi connectivity index (χ1) is 15.5. The summed E-state index contributed by atoms with van der Waals surface area (Å²) in [6.07, 6.45) is 5.07. The minimum Gasteiger partial charge on any atom is -0.349 e. The molecule has 0 radical (unpaired) electrons. The highest BCUT2D eigenvalue weighted by atomic mass is 16.2. The van der Waals surface area contributed by atoms with E-state index in [-0.39, 0.29) is 17.9 Å². The SMILES string of the molecule is Cc1cc(C)cc(-n2ncc3c2CCC[C@H]3NC(=O)CCN2Cc3ccccc3C2=O)c1. The number of aryl methyl sites for hydroxylation is 2. The van der Waals surface area contributed by atoms with Gasteiger partial charge in [-0.25, -0.2) is 4.68 Å². The molecule has 0 fully saturated rings. The van der Waals surface area contributed by atoms with Crippen LogP contribution in [0.3, 0.4) is 0 Å². The number of rotatable bonds is 5. The van der Waals surface area contributed by atoms with E-state index in [0.29, 0.717) is 19.5 Å². The highest BCUT2D eigenvalue weighted by Crippen LogP contribution is 2.31. The van der Waals surface area contributed by atoms with E-state index in [4.69, 9.17) is 0 Å². The number of nitrogens with zero attached hydrogens (tertiary/aromatic N) is 3. The lowest BCUT2D eigenvalue weighted by Crippen LogP contribution is -2.34. The molecular weight excluding hydrogens is 400 g/mol. The van der Waals surface area contributed by atoms with Crippen LogP contribution in [0.2, 0.25) is 0 Å². The molecule has 1 atom stereocenters. The van der Waals surface area contributed by atoms with Crippen LogP contribution in [-0.4, -0.2) is 33.0 Å². The number of fused-ring (bicyclic) bond motifs is 2. The van der Waals surface area contributed by atoms with Crippen molar-refractivity contribution in [2.45, 2.75) is 52.1 Å². The highest BCUT2D eigenvalue weighted by molar-refractivity contribution is 5.98. The van der Waals surface area contributed by atoms with Crippen molar-refractivity contribution in [3.63, 3.8) is 0 Å². The summed E-state index contributed by atoms with van der Waals surface area (Å²) in [6, 6.07) is 14.1. The first kappa shape index (κ1) is 20.5. The van der Waals surface area contributed by atoms with E-state index in [1.165, 1.54) is 16.8 Å². The average molecular weight is 429 g/mol. The molecule has 1 aromatic heterocycles. The number of nitrogens with one attached hydrogen (secondary N) is 1. The van der Waals surface area contributed by atoms with Crippen LogP contribution in [0.5, 0.6) is 0 Å². The minimum absolute atomic E-state index is 0.0167. The number of aromatic nitrogens is 2. The van der Waals surface area contributed by atoms with Crippen molar-refractivity contribution in [2.24, 2.45) is 0 Å². The van der Waals surface area contributed by atoms with Gasteiger partial charge in [0.1, 0.15) is 0 Å². The zero-order chi connectivity index (χ0) is 22.2. The molecule has 2 aromatic carbocycles. The molecule has 2 heterocycles. The molecule has 0 bridgehead atoms. The van der Waals surface area contributed by atoms with Gasteiger partial charge in [0, 0.05) is 36.3 Å². The molecule has 0 saturated heterocycles. The number of carbonyl (C=O) groups is 2.